The van der Waals surface area contributed by atoms with E-state index in [1.54, 1.807) is 0 Å². The van der Waals surface area contributed by atoms with E-state index in [1.807, 2.05) is 6.92 Å². The molecule has 0 aromatic carbocycles. The maximum Gasteiger partial charge on any atom is 0.0888 e. The summed E-state index contributed by atoms with van der Waals surface area (Å²) in [5, 5.41) is 9.33. The van der Waals surface area contributed by atoms with Crippen molar-refractivity contribution >= 4 is 10.8 Å². The Morgan fingerprint density at radius 3 is 2.69 bits per heavy atom. The van der Waals surface area contributed by atoms with Crippen LogP contribution in [-0.4, -0.2) is 40.1 Å². The van der Waals surface area contributed by atoms with Crippen LogP contribution in [0.15, 0.2) is 0 Å². The second-order valence-electron chi connectivity index (χ2n) is 2.98. The van der Waals surface area contributed by atoms with Crippen molar-refractivity contribution in [2.24, 2.45) is 0 Å². The van der Waals surface area contributed by atoms with E-state index < -0.39 is 16.9 Å². The summed E-state index contributed by atoms with van der Waals surface area (Å²) in [4.78, 5) is 0. The number of ether oxygens (including phenoxy) is 1. The van der Waals surface area contributed by atoms with Gasteiger partial charge < -0.3 is 9.84 Å². The summed E-state index contributed by atoms with van der Waals surface area (Å²) in [5.74, 6) is 1.04. The fourth-order valence-corrected chi connectivity index (χ4v) is 2.21. The number of rotatable bonds is 8. The fourth-order valence-electron chi connectivity index (χ4n) is 0.905. The zero-order chi connectivity index (χ0) is 10.1. The Kier molecular flexibility index (Phi) is 8.71. The molecule has 0 aromatic rings. The predicted octanol–water partition coefficient (Wildman–Crippen LogP) is 0.933. The number of hydrogen-bond donors (Lipinski definition) is 1. The van der Waals surface area contributed by atoms with Crippen LogP contribution >= 0.6 is 0 Å². The minimum absolute atomic E-state index is 0.300. The molecular weight excluding hydrogens is 188 g/mol. The van der Waals surface area contributed by atoms with E-state index in [4.69, 9.17) is 4.74 Å². The molecule has 0 aliphatic rings. The molecule has 0 spiro atoms. The van der Waals surface area contributed by atoms with E-state index in [0.29, 0.717) is 24.7 Å². The SMILES string of the molecule is CCCC[S@@](=O)C[C@@H](O)COCC. The first kappa shape index (κ1) is 13.1. The van der Waals surface area contributed by atoms with Crippen LogP contribution in [0, 0.1) is 0 Å². The van der Waals surface area contributed by atoms with Gasteiger partial charge in [-0.25, -0.2) is 0 Å². The van der Waals surface area contributed by atoms with Gasteiger partial charge in [-0.05, 0) is 13.3 Å². The largest absolute Gasteiger partial charge is 0.390 e. The normalized spacial score (nSPS) is 15.6. The first-order valence-corrected chi connectivity index (χ1v) is 6.30. The van der Waals surface area contributed by atoms with Crippen molar-refractivity contribution in [2.75, 3.05) is 24.7 Å². The molecule has 0 unspecified atom stereocenters. The third-order valence-electron chi connectivity index (χ3n) is 1.62. The molecule has 0 saturated carbocycles. The Hall–Kier alpha value is 0.0700. The number of aliphatic hydroxyl groups excluding tert-OH is 1. The van der Waals surface area contributed by atoms with Crippen molar-refractivity contribution in [1.82, 2.24) is 0 Å². The summed E-state index contributed by atoms with van der Waals surface area (Å²) in [5.41, 5.74) is 0. The van der Waals surface area contributed by atoms with E-state index in [0.717, 1.165) is 12.8 Å². The van der Waals surface area contributed by atoms with Gasteiger partial charge in [0.1, 0.15) is 0 Å². The number of unbranched alkanes of at least 4 members (excludes halogenated alkanes) is 1. The molecule has 0 aromatic heterocycles. The van der Waals surface area contributed by atoms with Gasteiger partial charge in [0.2, 0.25) is 0 Å². The molecule has 0 heterocycles. The van der Waals surface area contributed by atoms with Crippen LogP contribution in [0.1, 0.15) is 26.7 Å². The summed E-state index contributed by atoms with van der Waals surface area (Å²) in [7, 11) is -0.883. The molecule has 80 valence electrons. The molecule has 2 atom stereocenters. The minimum Gasteiger partial charge on any atom is -0.390 e. The molecule has 0 aliphatic carbocycles. The molecule has 13 heavy (non-hydrogen) atoms. The van der Waals surface area contributed by atoms with E-state index in [1.165, 1.54) is 0 Å². The molecule has 0 fully saturated rings. The third-order valence-corrected chi connectivity index (χ3v) is 3.12. The third kappa shape index (κ3) is 8.40. The quantitative estimate of drug-likeness (QED) is 0.645. The van der Waals surface area contributed by atoms with Crippen LogP contribution in [0.2, 0.25) is 0 Å². The second kappa shape index (κ2) is 8.66. The van der Waals surface area contributed by atoms with E-state index >= 15 is 0 Å². The van der Waals surface area contributed by atoms with Crippen molar-refractivity contribution < 1.29 is 14.1 Å². The average molecular weight is 208 g/mol. The lowest BCUT2D eigenvalue weighted by Gasteiger charge is -2.09. The fraction of sp³-hybridized carbons (Fsp3) is 1.00. The molecule has 0 amide bonds. The van der Waals surface area contributed by atoms with Crippen molar-refractivity contribution in [2.45, 2.75) is 32.8 Å². The van der Waals surface area contributed by atoms with Gasteiger partial charge in [0, 0.05) is 23.2 Å². The highest BCUT2D eigenvalue weighted by molar-refractivity contribution is 7.85. The maximum absolute atomic E-state index is 11.3. The summed E-state index contributed by atoms with van der Waals surface area (Å²) < 4.78 is 16.3. The van der Waals surface area contributed by atoms with Gasteiger partial charge in [-0.3, -0.25) is 4.21 Å². The van der Waals surface area contributed by atoms with Gasteiger partial charge in [0.05, 0.1) is 18.5 Å². The zero-order valence-electron chi connectivity index (χ0n) is 8.49. The molecule has 0 radical (unpaired) electrons. The Morgan fingerprint density at radius 1 is 1.46 bits per heavy atom. The van der Waals surface area contributed by atoms with Crippen LogP contribution in [0.4, 0.5) is 0 Å². The van der Waals surface area contributed by atoms with Crippen molar-refractivity contribution in [3.63, 3.8) is 0 Å². The van der Waals surface area contributed by atoms with Crippen molar-refractivity contribution in [1.29, 1.82) is 0 Å². The van der Waals surface area contributed by atoms with E-state index in [2.05, 4.69) is 6.92 Å². The van der Waals surface area contributed by atoms with Crippen molar-refractivity contribution in [3.05, 3.63) is 0 Å². The zero-order valence-corrected chi connectivity index (χ0v) is 9.31. The Labute approximate surface area is 82.9 Å². The molecule has 0 bridgehead atoms. The van der Waals surface area contributed by atoms with Gasteiger partial charge in [-0.15, -0.1) is 0 Å². The van der Waals surface area contributed by atoms with Crippen LogP contribution in [0.3, 0.4) is 0 Å². The molecule has 3 nitrogen and oxygen atoms in total. The molecule has 0 rings (SSSR count). The first-order valence-electron chi connectivity index (χ1n) is 4.81. The van der Waals surface area contributed by atoms with Gasteiger partial charge in [0.15, 0.2) is 0 Å². The van der Waals surface area contributed by atoms with E-state index in [9.17, 15) is 9.32 Å². The highest BCUT2D eigenvalue weighted by Gasteiger charge is 2.08. The van der Waals surface area contributed by atoms with Crippen molar-refractivity contribution in [3.8, 4) is 0 Å². The molecule has 4 heteroatoms. The Balaban J connectivity index is 3.41. The topological polar surface area (TPSA) is 46.5 Å². The number of hydrogen-bond acceptors (Lipinski definition) is 3. The highest BCUT2D eigenvalue weighted by Crippen LogP contribution is 1.96. The summed E-state index contributed by atoms with van der Waals surface area (Å²) in [6, 6.07) is 0. The predicted molar refractivity (Wildman–Crippen MR) is 55.3 cm³/mol. The molecule has 1 N–H and O–H groups in total. The van der Waals surface area contributed by atoms with Crippen LogP contribution in [0.5, 0.6) is 0 Å². The van der Waals surface area contributed by atoms with Crippen LogP contribution < -0.4 is 0 Å². The monoisotopic (exact) mass is 208 g/mol. The Morgan fingerprint density at radius 2 is 2.15 bits per heavy atom. The standard InChI is InChI=1S/C9H20O3S/c1-3-5-6-13(11)8-9(10)7-12-4-2/h9-10H,3-8H2,1-2H3/t9-,13+/m0/s1. The van der Waals surface area contributed by atoms with Gasteiger partial charge in [-0.2, -0.15) is 0 Å². The maximum atomic E-state index is 11.3. The Bertz CT molecular complexity index is 139. The summed E-state index contributed by atoms with van der Waals surface area (Å²) >= 11 is 0. The van der Waals surface area contributed by atoms with Crippen LogP contribution in [0.25, 0.3) is 0 Å². The summed E-state index contributed by atoms with van der Waals surface area (Å²) in [6.07, 6.45) is 1.44. The highest BCUT2D eigenvalue weighted by atomic mass is 32.2. The first-order chi connectivity index (χ1) is 6.20. The smallest absolute Gasteiger partial charge is 0.0888 e. The number of aliphatic hydroxyl groups is 1. The average Bonchev–Trinajstić information content (AvgIpc) is 2.11. The molecular formula is C9H20O3S. The van der Waals surface area contributed by atoms with Crippen LogP contribution in [-0.2, 0) is 15.5 Å². The van der Waals surface area contributed by atoms with Gasteiger partial charge in [0.25, 0.3) is 0 Å². The molecule has 0 saturated heterocycles. The van der Waals surface area contributed by atoms with E-state index in [-0.39, 0.29) is 0 Å². The lowest BCUT2D eigenvalue weighted by molar-refractivity contribution is 0.0547. The molecule has 0 aliphatic heterocycles. The minimum atomic E-state index is -0.883. The second-order valence-corrected chi connectivity index (χ2v) is 4.60. The van der Waals surface area contributed by atoms with Gasteiger partial charge in [-0.1, -0.05) is 13.3 Å². The van der Waals surface area contributed by atoms with Gasteiger partial charge >= 0.3 is 0 Å². The lowest BCUT2D eigenvalue weighted by Crippen LogP contribution is -2.23. The summed E-state index contributed by atoms with van der Waals surface area (Å²) in [6.45, 7) is 4.83. The lowest BCUT2D eigenvalue weighted by atomic mass is 10.4.